The van der Waals surface area contributed by atoms with Crippen LogP contribution in [0.3, 0.4) is 0 Å². The van der Waals surface area contributed by atoms with Crippen molar-refractivity contribution >= 4 is 11.5 Å². The maximum absolute atomic E-state index is 12.7. The molecule has 0 unspecified atom stereocenters. The van der Waals surface area contributed by atoms with E-state index in [-0.39, 0.29) is 40.1 Å². The molecule has 130 valence electrons. The van der Waals surface area contributed by atoms with Crippen LogP contribution in [-0.4, -0.2) is 27.2 Å². The van der Waals surface area contributed by atoms with E-state index in [2.05, 4.69) is 0 Å². The normalized spacial score (nSPS) is 10.5. The first kappa shape index (κ1) is 17.0. The standard InChI is InChI=1S/C19H14N2O5/c1-2-26-19(25)17-13-5-3-4-8-21(13)18(24)12(10-20)16(17)11-6-7-14(22)15(23)9-11/h3-9,22-23H,2H2,1H3. The number of nitriles is 1. The van der Waals surface area contributed by atoms with Crippen LogP contribution in [0.2, 0.25) is 0 Å². The van der Waals surface area contributed by atoms with Crippen molar-refractivity contribution in [2.45, 2.75) is 6.92 Å². The maximum atomic E-state index is 12.7. The molecule has 0 fully saturated rings. The molecule has 0 radical (unpaired) electrons. The van der Waals surface area contributed by atoms with Crippen molar-refractivity contribution in [1.82, 2.24) is 4.40 Å². The van der Waals surface area contributed by atoms with E-state index in [1.165, 1.54) is 28.8 Å². The summed E-state index contributed by atoms with van der Waals surface area (Å²) >= 11 is 0. The van der Waals surface area contributed by atoms with Crippen LogP contribution < -0.4 is 5.56 Å². The van der Waals surface area contributed by atoms with E-state index < -0.39 is 17.3 Å². The number of rotatable bonds is 3. The monoisotopic (exact) mass is 350 g/mol. The van der Waals surface area contributed by atoms with Crippen LogP contribution in [-0.2, 0) is 4.74 Å². The van der Waals surface area contributed by atoms with Gasteiger partial charge in [-0.05, 0) is 36.8 Å². The second-order valence-corrected chi connectivity index (χ2v) is 5.42. The number of nitrogens with zero attached hydrogens (tertiary/aromatic N) is 2. The largest absolute Gasteiger partial charge is 0.504 e. The summed E-state index contributed by atoms with van der Waals surface area (Å²) in [6, 6.07) is 10.5. The van der Waals surface area contributed by atoms with Crippen LogP contribution in [0.5, 0.6) is 11.5 Å². The first-order valence-corrected chi connectivity index (χ1v) is 7.76. The molecule has 1 aromatic carbocycles. The van der Waals surface area contributed by atoms with Gasteiger partial charge in [0.05, 0.1) is 17.7 Å². The lowest BCUT2D eigenvalue weighted by Gasteiger charge is -2.15. The number of hydrogen-bond donors (Lipinski definition) is 2. The molecule has 0 aliphatic heterocycles. The first-order valence-electron chi connectivity index (χ1n) is 7.76. The highest BCUT2D eigenvalue weighted by Gasteiger charge is 2.25. The van der Waals surface area contributed by atoms with E-state index in [4.69, 9.17) is 4.74 Å². The molecule has 0 aliphatic rings. The highest BCUT2D eigenvalue weighted by atomic mass is 16.5. The summed E-state index contributed by atoms with van der Waals surface area (Å²) in [5.41, 5.74) is -0.257. The molecule has 7 nitrogen and oxygen atoms in total. The van der Waals surface area contributed by atoms with Gasteiger partial charge in [-0.15, -0.1) is 0 Å². The van der Waals surface area contributed by atoms with E-state index in [1.54, 1.807) is 25.1 Å². The number of ether oxygens (including phenoxy) is 1. The van der Waals surface area contributed by atoms with Crippen molar-refractivity contribution in [3.05, 3.63) is 64.1 Å². The Morgan fingerprint density at radius 3 is 2.65 bits per heavy atom. The summed E-state index contributed by atoms with van der Waals surface area (Å²) in [5, 5.41) is 28.9. The van der Waals surface area contributed by atoms with Crippen LogP contribution in [0, 0.1) is 11.3 Å². The Bertz CT molecular complexity index is 1130. The fourth-order valence-corrected chi connectivity index (χ4v) is 2.79. The van der Waals surface area contributed by atoms with Crippen molar-refractivity contribution in [2.75, 3.05) is 6.61 Å². The molecule has 2 heterocycles. The third-order valence-electron chi connectivity index (χ3n) is 3.90. The van der Waals surface area contributed by atoms with E-state index in [9.17, 15) is 25.1 Å². The van der Waals surface area contributed by atoms with Gasteiger partial charge in [0.1, 0.15) is 11.6 Å². The van der Waals surface area contributed by atoms with E-state index in [0.29, 0.717) is 0 Å². The molecule has 0 bridgehead atoms. The fraction of sp³-hybridized carbons (Fsp3) is 0.105. The summed E-state index contributed by atoms with van der Waals surface area (Å²) in [5.74, 6) is -1.49. The number of fused-ring (bicyclic) bond motifs is 1. The summed E-state index contributed by atoms with van der Waals surface area (Å²) in [6.07, 6.45) is 1.46. The highest BCUT2D eigenvalue weighted by molar-refractivity contribution is 6.05. The van der Waals surface area contributed by atoms with Gasteiger partial charge in [-0.1, -0.05) is 12.1 Å². The number of carbonyl (C=O) groups is 1. The summed E-state index contributed by atoms with van der Waals surface area (Å²) in [4.78, 5) is 25.3. The number of aromatic hydroxyl groups is 2. The molecule has 0 atom stereocenters. The molecule has 7 heteroatoms. The Morgan fingerprint density at radius 1 is 1.23 bits per heavy atom. The molecule has 0 amide bonds. The number of phenols is 2. The molecule has 0 spiro atoms. The number of esters is 1. The second kappa shape index (κ2) is 6.61. The minimum absolute atomic E-state index is 0.0358. The summed E-state index contributed by atoms with van der Waals surface area (Å²) in [6.45, 7) is 1.76. The lowest BCUT2D eigenvalue weighted by molar-refractivity contribution is 0.0529. The molecule has 0 saturated heterocycles. The molecule has 0 saturated carbocycles. The molecule has 2 aromatic heterocycles. The van der Waals surface area contributed by atoms with Crippen molar-refractivity contribution in [3.63, 3.8) is 0 Å². The van der Waals surface area contributed by atoms with Gasteiger partial charge >= 0.3 is 5.97 Å². The molecule has 0 aliphatic carbocycles. The smallest absolute Gasteiger partial charge is 0.340 e. The number of pyridine rings is 2. The Morgan fingerprint density at radius 2 is 2.00 bits per heavy atom. The Kier molecular flexibility index (Phi) is 4.33. The minimum atomic E-state index is -0.699. The third kappa shape index (κ3) is 2.63. The molecule has 3 aromatic rings. The van der Waals surface area contributed by atoms with Gasteiger partial charge in [0.2, 0.25) is 0 Å². The van der Waals surface area contributed by atoms with Gasteiger partial charge in [0.25, 0.3) is 5.56 Å². The van der Waals surface area contributed by atoms with E-state index in [0.717, 1.165) is 0 Å². The number of aromatic nitrogens is 1. The predicted molar refractivity (Wildman–Crippen MR) is 93.1 cm³/mol. The van der Waals surface area contributed by atoms with Crippen LogP contribution >= 0.6 is 0 Å². The maximum Gasteiger partial charge on any atom is 0.340 e. The molecule has 2 N–H and O–H groups in total. The highest BCUT2D eigenvalue weighted by Crippen LogP contribution is 2.35. The lowest BCUT2D eigenvalue weighted by atomic mass is 9.94. The van der Waals surface area contributed by atoms with Crippen LogP contribution in [0.4, 0.5) is 0 Å². The molecule has 26 heavy (non-hydrogen) atoms. The fourth-order valence-electron chi connectivity index (χ4n) is 2.79. The SMILES string of the molecule is CCOC(=O)c1c(-c2ccc(O)c(O)c2)c(C#N)c(=O)n2ccccc12. The van der Waals surface area contributed by atoms with Crippen molar-refractivity contribution in [3.8, 4) is 28.7 Å². The zero-order valence-electron chi connectivity index (χ0n) is 13.8. The van der Waals surface area contributed by atoms with Gasteiger partial charge in [-0.25, -0.2) is 4.79 Å². The Labute approximate surface area is 147 Å². The van der Waals surface area contributed by atoms with Crippen molar-refractivity contribution in [2.24, 2.45) is 0 Å². The average molecular weight is 350 g/mol. The van der Waals surface area contributed by atoms with Gasteiger partial charge in [0, 0.05) is 11.8 Å². The predicted octanol–water partition coefficient (Wildman–Crippen LogP) is 2.43. The van der Waals surface area contributed by atoms with Crippen molar-refractivity contribution in [1.29, 1.82) is 5.26 Å². The first-order chi connectivity index (χ1) is 12.5. The molecule has 3 rings (SSSR count). The van der Waals surface area contributed by atoms with Crippen LogP contribution in [0.25, 0.3) is 16.6 Å². The van der Waals surface area contributed by atoms with Crippen molar-refractivity contribution < 1.29 is 19.7 Å². The molecular formula is C19H14N2O5. The number of benzene rings is 1. The van der Waals surface area contributed by atoms with Gasteiger partial charge in [-0.3, -0.25) is 9.20 Å². The average Bonchev–Trinajstić information content (AvgIpc) is 2.64. The lowest BCUT2D eigenvalue weighted by Crippen LogP contribution is -2.22. The van der Waals surface area contributed by atoms with E-state index in [1.807, 2.05) is 6.07 Å². The third-order valence-corrected chi connectivity index (χ3v) is 3.90. The number of phenolic OH excluding ortho intramolecular Hbond substituents is 2. The van der Waals surface area contributed by atoms with E-state index >= 15 is 0 Å². The topological polar surface area (TPSA) is 112 Å². The second-order valence-electron chi connectivity index (χ2n) is 5.42. The van der Waals surface area contributed by atoms with Gasteiger partial charge in [0.15, 0.2) is 11.5 Å². The minimum Gasteiger partial charge on any atom is -0.504 e. The molecular weight excluding hydrogens is 336 g/mol. The Hall–Kier alpha value is -3.79. The summed E-state index contributed by atoms with van der Waals surface area (Å²) < 4.78 is 6.32. The summed E-state index contributed by atoms with van der Waals surface area (Å²) in [7, 11) is 0. The zero-order chi connectivity index (χ0) is 18.8. The zero-order valence-corrected chi connectivity index (χ0v) is 13.8. The van der Waals surface area contributed by atoms with Gasteiger partial charge in [-0.2, -0.15) is 5.26 Å². The van der Waals surface area contributed by atoms with Gasteiger partial charge < -0.3 is 14.9 Å². The van der Waals surface area contributed by atoms with Crippen LogP contribution in [0.15, 0.2) is 47.4 Å². The number of hydrogen-bond acceptors (Lipinski definition) is 6. The van der Waals surface area contributed by atoms with Crippen LogP contribution in [0.1, 0.15) is 22.8 Å². The number of carbonyl (C=O) groups excluding carboxylic acids is 1. The quantitative estimate of drug-likeness (QED) is 0.554. The Balaban J connectivity index is 2.52.